The molecular weight excluding hydrogens is 394 g/mol. The van der Waals surface area contributed by atoms with E-state index < -0.39 is 4.92 Å². The van der Waals surface area contributed by atoms with Crippen molar-refractivity contribution in [3.8, 4) is 0 Å². The van der Waals surface area contributed by atoms with Crippen LogP contribution >= 0.6 is 0 Å². The first-order chi connectivity index (χ1) is 15.0. The molecule has 0 atom stereocenters. The molecule has 1 heterocycles. The number of imidazole rings is 1. The zero-order valence-electron chi connectivity index (χ0n) is 19.8. The summed E-state index contributed by atoms with van der Waals surface area (Å²) in [5.41, 5.74) is 0.335. The molecule has 0 amide bonds. The van der Waals surface area contributed by atoms with Gasteiger partial charge in [-0.25, -0.2) is 9.97 Å². The minimum absolute atomic E-state index is 0.115. The Morgan fingerprint density at radius 1 is 0.903 bits per heavy atom. The second kappa shape index (κ2) is 17.7. The summed E-state index contributed by atoms with van der Waals surface area (Å²) in [4.78, 5) is 28.9. The summed E-state index contributed by atoms with van der Waals surface area (Å²) in [7, 11) is 0. The summed E-state index contributed by atoms with van der Waals surface area (Å²) in [6.07, 6.45) is 20.1. The molecule has 7 nitrogen and oxygen atoms in total. The van der Waals surface area contributed by atoms with Crippen LogP contribution in [0.25, 0.3) is 0 Å². The molecule has 7 heteroatoms. The van der Waals surface area contributed by atoms with Gasteiger partial charge in [0, 0.05) is 19.8 Å². The lowest BCUT2D eigenvalue weighted by atomic mass is 10.0. The fourth-order valence-electron chi connectivity index (χ4n) is 3.83. The van der Waals surface area contributed by atoms with Gasteiger partial charge >= 0.3 is 11.8 Å². The van der Waals surface area contributed by atoms with Crippen molar-refractivity contribution in [3.63, 3.8) is 0 Å². The molecule has 0 spiro atoms. The Morgan fingerprint density at radius 2 is 1.39 bits per heavy atom. The zero-order valence-corrected chi connectivity index (χ0v) is 19.8. The van der Waals surface area contributed by atoms with E-state index in [9.17, 15) is 14.9 Å². The molecule has 0 saturated heterocycles. The van der Waals surface area contributed by atoms with Crippen LogP contribution in [0.15, 0.2) is 0 Å². The third-order valence-corrected chi connectivity index (χ3v) is 5.64. The first-order valence-electron chi connectivity index (χ1n) is 12.4. The lowest BCUT2D eigenvalue weighted by molar-refractivity contribution is -0.390. The monoisotopic (exact) mass is 437 g/mol. The van der Waals surface area contributed by atoms with Gasteiger partial charge in [0.05, 0.1) is 6.61 Å². The average molecular weight is 438 g/mol. The molecule has 0 unspecified atom stereocenters. The maximum Gasteiger partial charge on any atom is 0.344 e. The summed E-state index contributed by atoms with van der Waals surface area (Å²) in [5, 5.41) is 10.9. The number of aromatic amines is 1. The fourth-order valence-corrected chi connectivity index (χ4v) is 3.83. The highest BCUT2D eigenvalue weighted by Gasteiger charge is 2.18. The van der Waals surface area contributed by atoms with E-state index in [1.807, 2.05) is 0 Å². The SMILES string of the molecule is CCCCCCCCCCCCCCCCCC(=O)OCCc1nc(C)[nH]c1[N+](=O)[O-]. The molecule has 1 aromatic heterocycles. The van der Waals surface area contributed by atoms with Crippen molar-refractivity contribution in [1.82, 2.24) is 9.97 Å². The molecule has 0 aliphatic rings. The third kappa shape index (κ3) is 13.9. The molecule has 0 saturated carbocycles. The van der Waals surface area contributed by atoms with Crippen LogP contribution in [0.1, 0.15) is 121 Å². The molecule has 0 fully saturated rings. The molecule has 1 aromatic rings. The van der Waals surface area contributed by atoms with Crippen molar-refractivity contribution in [3.05, 3.63) is 21.6 Å². The van der Waals surface area contributed by atoms with Gasteiger partial charge in [-0.05, 0) is 11.3 Å². The van der Waals surface area contributed by atoms with Gasteiger partial charge in [0.25, 0.3) is 0 Å². The van der Waals surface area contributed by atoms with E-state index in [1.54, 1.807) is 6.92 Å². The molecule has 0 aromatic carbocycles. The number of nitrogens with zero attached hydrogens (tertiary/aromatic N) is 2. The molecule has 0 aliphatic heterocycles. The van der Waals surface area contributed by atoms with Gasteiger partial charge in [0.2, 0.25) is 0 Å². The van der Waals surface area contributed by atoms with Gasteiger partial charge in [-0.2, -0.15) is 0 Å². The number of rotatable bonds is 20. The minimum Gasteiger partial charge on any atom is -0.465 e. The van der Waals surface area contributed by atoms with Gasteiger partial charge in [-0.1, -0.05) is 96.8 Å². The van der Waals surface area contributed by atoms with E-state index in [-0.39, 0.29) is 24.8 Å². The molecule has 31 heavy (non-hydrogen) atoms. The minimum atomic E-state index is -0.493. The molecular formula is C24H43N3O4. The van der Waals surface area contributed by atoms with Crippen LogP contribution < -0.4 is 0 Å². The Hall–Kier alpha value is -1.92. The second-order valence-electron chi connectivity index (χ2n) is 8.54. The number of hydrogen-bond acceptors (Lipinski definition) is 5. The Labute approximate surface area is 187 Å². The number of nitrogens with one attached hydrogen (secondary N) is 1. The van der Waals surface area contributed by atoms with E-state index in [0.717, 1.165) is 12.8 Å². The summed E-state index contributed by atoms with van der Waals surface area (Å²) in [5.74, 6) is 0.145. The zero-order chi connectivity index (χ0) is 22.7. The number of nitro groups is 1. The Morgan fingerprint density at radius 3 is 1.87 bits per heavy atom. The highest BCUT2D eigenvalue weighted by atomic mass is 16.6. The van der Waals surface area contributed by atoms with Crippen molar-refractivity contribution < 1.29 is 14.5 Å². The van der Waals surface area contributed by atoms with E-state index in [1.165, 1.54) is 83.5 Å². The number of carbonyl (C=O) groups excluding carboxylic acids is 1. The Kier molecular flexibility index (Phi) is 15.5. The molecule has 1 N–H and O–H groups in total. The first kappa shape index (κ1) is 27.1. The maximum atomic E-state index is 11.8. The van der Waals surface area contributed by atoms with E-state index in [4.69, 9.17) is 4.74 Å². The molecule has 0 aliphatic carbocycles. The van der Waals surface area contributed by atoms with Crippen molar-refractivity contribution >= 4 is 11.8 Å². The largest absolute Gasteiger partial charge is 0.465 e. The first-order valence-corrected chi connectivity index (χ1v) is 12.4. The maximum absolute atomic E-state index is 11.8. The summed E-state index contributed by atoms with van der Waals surface area (Å²) in [6.45, 7) is 4.06. The number of carbonyl (C=O) groups is 1. The number of aromatic nitrogens is 2. The normalized spacial score (nSPS) is 11.0. The number of unbranched alkanes of at least 4 members (excludes halogenated alkanes) is 14. The predicted octanol–water partition coefficient (Wildman–Crippen LogP) is 6.97. The van der Waals surface area contributed by atoms with Gasteiger partial charge in [0.1, 0.15) is 5.69 Å². The third-order valence-electron chi connectivity index (χ3n) is 5.64. The van der Waals surface area contributed by atoms with Crippen LogP contribution in [-0.2, 0) is 16.0 Å². The van der Waals surface area contributed by atoms with Crippen molar-refractivity contribution in [2.75, 3.05) is 6.61 Å². The summed E-state index contributed by atoms with van der Waals surface area (Å²) in [6, 6.07) is 0. The second-order valence-corrected chi connectivity index (χ2v) is 8.54. The highest BCUT2D eigenvalue weighted by molar-refractivity contribution is 5.69. The fraction of sp³-hybridized carbons (Fsp3) is 0.833. The van der Waals surface area contributed by atoms with E-state index in [0.29, 0.717) is 17.9 Å². The summed E-state index contributed by atoms with van der Waals surface area (Å²) >= 11 is 0. The van der Waals surface area contributed by atoms with Crippen LogP contribution in [0, 0.1) is 17.0 Å². The predicted molar refractivity (Wildman–Crippen MR) is 124 cm³/mol. The van der Waals surface area contributed by atoms with Crippen LogP contribution in [-0.4, -0.2) is 27.5 Å². The van der Waals surface area contributed by atoms with E-state index >= 15 is 0 Å². The number of H-pyrrole nitrogens is 1. The van der Waals surface area contributed by atoms with Crippen molar-refractivity contribution in [1.29, 1.82) is 0 Å². The van der Waals surface area contributed by atoms with Crippen LogP contribution in [0.4, 0.5) is 5.82 Å². The molecule has 0 radical (unpaired) electrons. The Balaban J connectivity index is 1.88. The van der Waals surface area contributed by atoms with Crippen LogP contribution in [0.2, 0.25) is 0 Å². The van der Waals surface area contributed by atoms with Gasteiger partial charge in [-0.15, -0.1) is 0 Å². The highest BCUT2D eigenvalue weighted by Crippen LogP contribution is 2.16. The van der Waals surface area contributed by atoms with Gasteiger partial charge in [-0.3, -0.25) is 4.79 Å². The van der Waals surface area contributed by atoms with Crippen LogP contribution in [0.5, 0.6) is 0 Å². The van der Waals surface area contributed by atoms with E-state index in [2.05, 4.69) is 16.9 Å². The van der Waals surface area contributed by atoms with Crippen LogP contribution in [0.3, 0.4) is 0 Å². The Bertz CT molecular complexity index is 616. The van der Waals surface area contributed by atoms with Gasteiger partial charge < -0.3 is 14.9 Å². The number of aryl methyl sites for hydroxylation is 1. The van der Waals surface area contributed by atoms with Crippen molar-refractivity contribution in [2.24, 2.45) is 0 Å². The van der Waals surface area contributed by atoms with Crippen molar-refractivity contribution in [2.45, 2.75) is 123 Å². The molecule has 178 valence electrons. The number of esters is 1. The number of ether oxygens (including phenoxy) is 1. The smallest absolute Gasteiger partial charge is 0.344 e. The summed E-state index contributed by atoms with van der Waals surface area (Å²) < 4.78 is 5.19. The lowest BCUT2D eigenvalue weighted by Gasteiger charge is -2.05. The molecule has 1 rings (SSSR count). The topological polar surface area (TPSA) is 98.1 Å². The quantitative estimate of drug-likeness (QED) is 0.103. The molecule has 0 bridgehead atoms. The lowest BCUT2D eigenvalue weighted by Crippen LogP contribution is -2.08. The van der Waals surface area contributed by atoms with Gasteiger partial charge in [0.15, 0.2) is 5.82 Å². The standard InChI is InChI=1S/C24H43N3O4/c1-3-4-5-6-7-8-9-10-11-12-13-14-15-16-17-18-23(28)31-20-19-22-24(27(29)30)26-21(2)25-22/h3-20H2,1-2H3,(H,25,26). The number of hydrogen-bond donors (Lipinski definition) is 1. The average Bonchev–Trinajstić information content (AvgIpc) is 3.11.